The van der Waals surface area contributed by atoms with E-state index < -0.39 is 0 Å². The van der Waals surface area contributed by atoms with E-state index in [2.05, 4.69) is 26.3 Å². The number of likely N-dealkylation sites (tertiary alicyclic amines) is 1. The molecule has 3 aromatic rings. The number of carbonyl (C=O) groups excluding carboxylic acids is 1. The van der Waals surface area contributed by atoms with Gasteiger partial charge in [0.25, 0.3) is 0 Å². The van der Waals surface area contributed by atoms with E-state index in [1.807, 2.05) is 44.7 Å². The molecule has 1 N–H and O–H groups in total. The number of esters is 1. The molecule has 8 heteroatoms. The van der Waals surface area contributed by atoms with Crippen LogP contribution in [0, 0.1) is 12.3 Å². The van der Waals surface area contributed by atoms with E-state index >= 15 is 0 Å². The highest BCUT2D eigenvalue weighted by Crippen LogP contribution is 2.48. The Hall–Kier alpha value is -3.26. The number of carbonyl (C=O) groups is 1. The normalized spacial score (nSPS) is 24.2. The number of nitrogens with zero attached hydrogens (tertiary/aromatic N) is 4. The molecule has 3 aliphatic rings. The fraction of sp³-hybridized carbons (Fsp3) is 0.462. The second-order valence-corrected chi connectivity index (χ2v) is 10.0. The van der Waals surface area contributed by atoms with Crippen LogP contribution in [0.3, 0.4) is 0 Å². The van der Waals surface area contributed by atoms with Crippen LogP contribution in [0.2, 0.25) is 0 Å². The number of fused-ring (bicyclic) bond motifs is 3. The van der Waals surface area contributed by atoms with Gasteiger partial charge in [-0.1, -0.05) is 0 Å². The lowest BCUT2D eigenvalue weighted by molar-refractivity contribution is -0.153. The van der Waals surface area contributed by atoms with Gasteiger partial charge in [-0.25, -0.2) is 9.97 Å². The van der Waals surface area contributed by atoms with Gasteiger partial charge in [0, 0.05) is 46.9 Å². The number of benzene rings is 1. The van der Waals surface area contributed by atoms with Crippen LogP contribution in [0.5, 0.6) is 5.75 Å². The first kappa shape index (κ1) is 21.3. The minimum Gasteiger partial charge on any atom is -0.492 e. The molecule has 2 atom stereocenters. The molecule has 2 aromatic heterocycles. The molecule has 2 fully saturated rings. The van der Waals surface area contributed by atoms with Gasteiger partial charge in [-0.3, -0.25) is 14.7 Å². The Morgan fingerprint density at radius 3 is 2.68 bits per heavy atom. The van der Waals surface area contributed by atoms with Gasteiger partial charge in [0.2, 0.25) is 0 Å². The molecule has 6 rings (SSSR count). The van der Waals surface area contributed by atoms with Gasteiger partial charge in [0.15, 0.2) is 0 Å². The molecule has 0 amide bonds. The quantitative estimate of drug-likeness (QED) is 0.553. The Kier molecular flexibility index (Phi) is 5.13. The third kappa shape index (κ3) is 3.96. The fourth-order valence-corrected chi connectivity index (χ4v) is 4.94. The molecule has 2 aliphatic heterocycles. The van der Waals surface area contributed by atoms with Crippen molar-refractivity contribution in [1.82, 2.24) is 19.9 Å². The van der Waals surface area contributed by atoms with Crippen LogP contribution in [0.15, 0.2) is 36.8 Å². The first-order valence-electron chi connectivity index (χ1n) is 12.0. The number of rotatable bonds is 1. The average molecular weight is 460 g/mol. The molecule has 8 nitrogen and oxygen atoms in total. The highest BCUT2D eigenvalue weighted by Gasteiger charge is 2.46. The third-order valence-corrected chi connectivity index (χ3v) is 7.42. The zero-order valence-corrected chi connectivity index (χ0v) is 19.6. The molecule has 176 valence electrons. The van der Waals surface area contributed by atoms with Crippen molar-refractivity contribution in [2.75, 3.05) is 32.1 Å². The van der Waals surface area contributed by atoms with Crippen LogP contribution < -0.4 is 10.1 Å². The van der Waals surface area contributed by atoms with Crippen molar-refractivity contribution in [3.8, 4) is 16.9 Å². The number of anilines is 1. The number of likely N-dealkylation sites (N-methyl/N-ethyl adjacent to an activating group) is 1. The second-order valence-electron chi connectivity index (χ2n) is 10.0. The van der Waals surface area contributed by atoms with Gasteiger partial charge in [-0.05, 0) is 57.9 Å². The van der Waals surface area contributed by atoms with Gasteiger partial charge < -0.3 is 14.8 Å². The van der Waals surface area contributed by atoms with E-state index in [-0.39, 0.29) is 23.5 Å². The van der Waals surface area contributed by atoms with E-state index in [9.17, 15) is 4.79 Å². The Balaban J connectivity index is 1.45. The highest BCUT2D eigenvalue weighted by atomic mass is 16.5. The zero-order chi connectivity index (χ0) is 23.3. The Morgan fingerprint density at radius 1 is 1.09 bits per heavy atom. The van der Waals surface area contributed by atoms with Gasteiger partial charge in [0.1, 0.15) is 24.2 Å². The molecule has 1 aromatic carbocycles. The van der Waals surface area contributed by atoms with Gasteiger partial charge in [-0.2, -0.15) is 0 Å². The maximum atomic E-state index is 13.0. The van der Waals surface area contributed by atoms with Crippen molar-refractivity contribution in [1.29, 1.82) is 0 Å². The molecule has 34 heavy (non-hydrogen) atoms. The minimum atomic E-state index is -0.233. The lowest BCUT2D eigenvalue weighted by Crippen LogP contribution is -2.49. The fourth-order valence-electron chi connectivity index (χ4n) is 4.94. The van der Waals surface area contributed by atoms with Crippen molar-refractivity contribution in [2.24, 2.45) is 5.41 Å². The molecule has 0 unspecified atom stereocenters. The summed E-state index contributed by atoms with van der Waals surface area (Å²) in [5.74, 6) is 1.37. The standard InChI is InChI=1S/C26H29N5O3/c1-16-27-11-17(12-28-16)20-3-4-22-21-9-19(13-29-22)30-18-5-8-31(2)23(10-18)25(32)34-15-26(6-7-26)14-33-24(20)21/h3-4,9,11-13,18,23,30H,5-8,10,14-15H2,1-2H3/t18-,23-/m0/s1. The third-order valence-electron chi connectivity index (χ3n) is 7.42. The number of hydrogen-bond donors (Lipinski definition) is 1. The van der Waals surface area contributed by atoms with E-state index in [4.69, 9.17) is 14.5 Å². The predicted octanol–water partition coefficient (Wildman–Crippen LogP) is 3.59. The topological polar surface area (TPSA) is 89.5 Å². The summed E-state index contributed by atoms with van der Waals surface area (Å²) in [6.45, 7) is 3.60. The number of cyclic esters (lactones) is 1. The van der Waals surface area contributed by atoms with Crippen molar-refractivity contribution in [3.63, 3.8) is 0 Å². The molecule has 4 heterocycles. The van der Waals surface area contributed by atoms with E-state index in [0.717, 1.165) is 65.1 Å². The number of ether oxygens (including phenoxy) is 2. The molecule has 1 saturated heterocycles. The Bertz CT molecular complexity index is 1240. The number of hydrogen-bond acceptors (Lipinski definition) is 8. The molecular formula is C26H29N5O3. The summed E-state index contributed by atoms with van der Waals surface area (Å²) in [7, 11) is 2.00. The van der Waals surface area contributed by atoms with Crippen molar-refractivity contribution >= 4 is 22.6 Å². The Labute approximate surface area is 198 Å². The van der Waals surface area contributed by atoms with Gasteiger partial charge >= 0.3 is 5.97 Å². The van der Waals surface area contributed by atoms with Crippen LogP contribution in [0.25, 0.3) is 22.0 Å². The second kappa shape index (κ2) is 8.20. The summed E-state index contributed by atoms with van der Waals surface area (Å²) in [6.07, 6.45) is 9.16. The molecule has 1 spiro atoms. The van der Waals surface area contributed by atoms with Crippen LogP contribution in [-0.2, 0) is 9.53 Å². The van der Waals surface area contributed by atoms with Crippen molar-refractivity contribution in [3.05, 3.63) is 42.6 Å². The summed E-state index contributed by atoms with van der Waals surface area (Å²) in [5.41, 5.74) is 3.51. The molecule has 1 aliphatic carbocycles. The average Bonchev–Trinajstić information content (AvgIpc) is 3.62. The SMILES string of the molecule is Cc1ncc(-c2ccc3ncc4cc3c2OCC2(CC2)COC(=O)[C@@H]2C[C@H](CCN2C)N4)cn1. The predicted molar refractivity (Wildman–Crippen MR) is 129 cm³/mol. The maximum absolute atomic E-state index is 13.0. The number of pyridine rings is 1. The van der Waals surface area contributed by atoms with E-state index in [1.165, 1.54) is 0 Å². The van der Waals surface area contributed by atoms with Crippen molar-refractivity contribution in [2.45, 2.75) is 44.7 Å². The molecule has 1 saturated carbocycles. The van der Waals surface area contributed by atoms with E-state index in [0.29, 0.717) is 19.6 Å². The van der Waals surface area contributed by atoms with Gasteiger partial charge in [-0.15, -0.1) is 0 Å². The zero-order valence-electron chi connectivity index (χ0n) is 19.6. The van der Waals surface area contributed by atoms with Crippen LogP contribution in [0.1, 0.15) is 31.5 Å². The summed E-state index contributed by atoms with van der Waals surface area (Å²) >= 11 is 0. The molecule has 0 radical (unpaired) electrons. The summed E-state index contributed by atoms with van der Waals surface area (Å²) in [5, 5.41) is 4.56. The Morgan fingerprint density at radius 2 is 1.88 bits per heavy atom. The lowest BCUT2D eigenvalue weighted by Gasteiger charge is -2.36. The molecule has 4 bridgehead atoms. The van der Waals surface area contributed by atoms with E-state index in [1.54, 1.807) is 0 Å². The minimum absolute atomic E-state index is 0.126. The number of piperidine rings is 1. The van der Waals surface area contributed by atoms with Crippen molar-refractivity contribution < 1.29 is 14.3 Å². The largest absolute Gasteiger partial charge is 0.492 e. The van der Waals surface area contributed by atoms with Gasteiger partial charge in [0.05, 0.1) is 24.0 Å². The van der Waals surface area contributed by atoms with Crippen LogP contribution in [0.4, 0.5) is 5.69 Å². The number of nitrogens with one attached hydrogen (secondary N) is 1. The maximum Gasteiger partial charge on any atom is 0.323 e. The molecular weight excluding hydrogens is 430 g/mol. The first-order chi connectivity index (χ1) is 16.5. The highest BCUT2D eigenvalue weighted by molar-refractivity contribution is 5.94. The smallest absolute Gasteiger partial charge is 0.323 e. The first-order valence-corrected chi connectivity index (χ1v) is 12.0. The number of aryl methyl sites for hydroxylation is 1. The van der Waals surface area contributed by atoms with Crippen LogP contribution in [-0.4, -0.2) is 64.7 Å². The monoisotopic (exact) mass is 459 g/mol. The number of aromatic nitrogens is 3. The summed E-state index contributed by atoms with van der Waals surface area (Å²) in [6, 6.07) is 6.10. The summed E-state index contributed by atoms with van der Waals surface area (Å²) in [4.78, 5) is 28.6. The summed E-state index contributed by atoms with van der Waals surface area (Å²) < 4.78 is 12.4. The van der Waals surface area contributed by atoms with Crippen LogP contribution >= 0.6 is 0 Å². The lowest BCUT2D eigenvalue weighted by atomic mass is 9.97.